The molecule has 1 atom stereocenters. The number of nitrogens with zero attached hydrogens (tertiary/aromatic N) is 3. The molecule has 0 radical (unpaired) electrons. The maximum absolute atomic E-state index is 13.4. The van der Waals surface area contributed by atoms with E-state index in [9.17, 15) is 9.90 Å². The Balaban J connectivity index is 1.50. The molecule has 1 N–H and O–H groups in total. The van der Waals surface area contributed by atoms with E-state index >= 15 is 0 Å². The highest BCUT2D eigenvalue weighted by molar-refractivity contribution is 9.10. The monoisotopic (exact) mass is 441 g/mol. The van der Waals surface area contributed by atoms with Crippen LogP contribution in [0.4, 0.5) is 5.82 Å². The third-order valence-corrected chi connectivity index (χ3v) is 7.03. The molecule has 2 saturated heterocycles. The number of anilines is 1. The number of amides is 1. The Kier molecular flexibility index (Phi) is 5.19. The Bertz CT molecular complexity index is 695. The van der Waals surface area contributed by atoms with Crippen molar-refractivity contribution in [3.05, 3.63) is 21.8 Å². The maximum atomic E-state index is 13.4. The Labute approximate surface area is 167 Å². The molecule has 0 bridgehead atoms. The number of aliphatic hydroxyl groups excluding tert-OH is 1. The number of halogens is 2. The summed E-state index contributed by atoms with van der Waals surface area (Å²) >= 11 is 9.81. The van der Waals surface area contributed by atoms with Gasteiger partial charge in [0.2, 0.25) is 5.91 Å². The maximum Gasteiger partial charge on any atom is 0.230 e. The molecule has 1 amide bonds. The molecule has 2 aliphatic heterocycles. The van der Waals surface area contributed by atoms with E-state index in [0.717, 1.165) is 68.3 Å². The molecular formula is C19H25BrClN3O2. The van der Waals surface area contributed by atoms with Crippen molar-refractivity contribution >= 4 is 39.3 Å². The van der Waals surface area contributed by atoms with E-state index in [0.29, 0.717) is 23.5 Å². The molecule has 3 heterocycles. The van der Waals surface area contributed by atoms with E-state index in [4.69, 9.17) is 11.6 Å². The average molecular weight is 443 g/mol. The fourth-order valence-corrected chi connectivity index (χ4v) is 5.65. The van der Waals surface area contributed by atoms with E-state index in [1.54, 1.807) is 6.20 Å². The second-order valence-electron chi connectivity index (χ2n) is 7.98. The van der Waals surface area contributed by atoms with Gasteiger partial charge in [0, 0.05) is 36.3 Å². The van der Waals surface area contributed by atoms with Crippen LogP contribution >= 0.6 is 27.5 Å². The molecule has 1 aromatic rings. The number of carbonyl (C=O) groups excluding carboxylic acids is 1. The SMILES string of the molecule is O=C1N([C@H]2CC[C@@H](O)CC2)CC[C@@]12CCCN(c1ncc(Br)cc1Cl)C2. The van der Waals surface area contributed by atoms with Gasteiger partial charge in [-0.1, -0.05) is 11.6 Å². The summed E-state index contributed by atoms with van der Waals surface area (Å²) in [7, 11) is 0. The summed E-state index contributed by atoms with van der Waals surface area (Å²) in [4.78, 5) is 22.1. The molecule has 3 aliphatic rings. The van der Waals surface area contributed by atoms with Gasteiger partial charge in [-0.25, -0.2) is 4.98 Å². The third kappa shape index (κ3) is 3.36. The van der Waals surface area contributed by atoms with E-state index < -0.39 is 0 Å². The molecular weight excluding hydrogens is 418 g/mol. The molecule has 1 spiro atoms. The molecule has 142 valence electrons. The fourth-order valence-electron chi connectivity index (χ4n) is 4.90. The normalized spacial score (nSPS) is 32.5. The molecule has 1 aromatic heterocycles. The number of rotatable bonds is 2. The van der Waals surface area contributed by atoms with Crippen LogP contribution in [0.1, 0.15) is 44.9 Å². The third-order valence-electron chi connectivity index (χ3n) is 6.32. The van der Waals surface area contributed by atoms with Crippen molar-refractivity contribution in [3.8, 4) is 0 Å². The fraction of sp³-hybridized carbons (Fsp3) is 0.684. The van der Waals surface area contributed by atoms with Crippen LogP contribution in [0, 0.1) is 5.41 Å². The number of piperidine rings is 1. The minimum Gasteiger partial charge on any atom is -0.393 e. The Morgan fingerprint density at radius 1 is 1.23 bits per heavy atom. The van der Waals surface area contributed by atoms with Gasteiger partial charge in [-0.15, -0.1) is 0 Å². The van der Waals surface area contributed by atoms with Gasteiger partial charge >= 0.3 is 0 Å². The lowest BCUT2D eigenvalue weighted by Crippen LogP contribution is -2.50. The van der Waals surface area contributed by atoms with E-state index in [1.165, 1.54) is 0 Å². The highest BCUT2D eigenvalue weighted by Crippen LogP contribution is 2.44. The smallest absolute Gasteiger partial charge is 0.230 e. The van der Waals surface area contributed by atoms with Crippen LogP contribution in [0.2, 0.25) is 5.02 Å². The first kappa shape index (κ1) is 18.5. The predicted molar refractivity (Wildman–Crippen MR) is 105 cm³/mol. The average Bonchev–Trinajstić information content (AvgIpc) is 2.92. The molecule has 1 saturated carbocycles. The number of hydrogen-bond donors (Lipinski definition) is 1. The number of hydrogen-bond acceptors (Lipinski definition) is 4. The zero-order valence-corrected chi connectivity index (χ0v) is 17.2. The number of carbonyl (C=O) groups is 1. The quantitative estimate of drug-likeness (QED) is 0.760. The lowest BCUT2D eigenvalue weighted by atomic mass is 9.78. The standard InChI is InChI=1S/C19H25BrClN3O2/c20-13-10-16(21)17(22-11-13)23-8-1-6-19(12-23)7-9-24(18(19)26)14-2-4-15(25)5-3-14/h10-11,14-15,25H,1-9,12H2/t14-,15+,19-/m1/s1. The van der Waals surface area contributed by atoms with E-state index in [2.05, 4.69) is 30.7 Å². The molecule has 0 aromatic carbocycles. The van der Waals surface area contributed by atoms with Crippen molar-refractivity contribution in [2.45, 2.75) is 57.1 Å². The van der Waals surface area contributed by atoms with Gasteiger partial charge in [-0.2, -0.15) is 0 Å². The van der Waals surface area contributed by atoms with Crippen LogP contribution in [0.15, 0.2) is 16.7 Å². The van der Waals surface area contributed by atoms with Crippen molar-refractivity contribution in [1.82, 2.24) is 9.88 Å². The minimum absolute atomic E-state index is 0.186. The van der Waals surface area contributed by atoms with Crippen LogP contribution in [0.5, 0.6) is 0 Å². The van der Waals surface area contributed by atoms with Crippen molar-refractivity contribution < 1.29 is 9.90 Å². The van der Waals surface area contributed by atoms with Crippen LogP contribution in [-0.2, 0) is 4.79 Å². The second-order valence-corrected chi connectivity index (χ2v) is 9.30. The lowest BCUT2D eigenvalue weighted by Gasteiger charge is -2.41. The summed E-state index contributed by atoms with van der Waals surface area (Å²) < 4.78 is 0.862. The Hall–Kier alpha value is -0.850. The highest BCUT2D eigenvalue weighted by atomic mass is 79.9. The van der Waals surface area contributed by atoms with Gasteiger partial charge < -0.3 is 14.9 Å². The summed E-state index contributed by atoms with van der Waals surface area (Å²) in [6.07, 6.45) is 7.89. The summed E-state index contributed by atoms with van der Waals surface area (Å²) in [6.45, 7) is 2.43. The van der Waals surface area contributed by atoms with Crippen molar-refractivity contribution in [1.29, 1.82) is 0 Å². The number of likely N-dealkylation sites (tertiary alicyclic amines) is 1. The summed E-state index contributed by atoms with van der Waals surface area (Å²) in [5, 5.41) is 10.4. The van der Waals surface area contributed by atoms with Crippen LogP contribution in [-0.4, -0.2) is 52.7 Å². The number of pyridine rings is 1. The van der Waals surface area contributed by atoms with Gasteiger partial charge in [0.05, 0.1) is 16.5 Å². The van der Waals surface area contributed by atoms with Gasteiger partial charge in [-0.3, -0.25) is 4.79 Å². The minimum atomic E-state index is -0.299. The van der Waals surface area contributed by atoms with Crippen molar-refractivity contribution in [2.24, 2.45) is 5.41 Å². The molecule has 26 heavy (non-hydrogen) atoms. The lowest BCUT2D eigenvalue weighted by molar-refractivity contribution is -0.139. The molecule has 7 heteroatoms. The highest BCUT2D eigenvalue weighted by Gasteiger charge is 2.50. The first-order valence-electron chi connectivity index (χ1n) is 9.54. The zero-order chi connectivity index (χ0) is 18.3. The van der Waals surface area contributed by atoms with Gasteiger partial charge in [-0.05, 0) is 66.9 Å². The zero-order valence-electron chi connectivity index (χ0n) is 14.8. The van der Waals surface area contributed by atoms with E-state index in [-0.39, 0.29) is 11.5 Å². The van der Waals surface area contributed by atoms with E-state index in [1.807, 2.05) is 6.07 Å². The van der Waals surface area contributed by atoms with Crippen LogP contribution in [0.3, 0.4) is 0 Å². The number of aromatic nitrogens is 1. The Morgan fingerprint density at radius 2 is 2.00 bits per heavy atom. The summed E-state index contributed by atoms with van der Waals surface area (Å²) in [6, 6.07) is 2.16. The first-order valence-corrected chi connectivity index (χ1v) is 10.7. The second kappa shape index (κ2) is 7.28. The van der Waals surface area contributed by atoms with Crippen LogP contribution in [0.25, 0.3) is 0 Å². The number of aliphatic hydroxyl groups is 1. The summed E-state index contributed by atoms with van der Waals surface area (Å²) in [5.74, 6) is 1.08. The topological polar surface area (TPSA) is 56.7 Å². The van der Waals surface area contributed by atoms with Gasteiger partial charge in [0.1, 0.15) is 5.82 Å². The molecule has 0 unspecified atom stereocenters. The first-order chi connectivity index (χ1) is 12.5. The predicted octanol–water partition coefficient (Wildman–Crippen LogP) is 3.62. The Morgan fingerprint density at radius 3 is 2.73 bits per heavy atom. The molecule has 5 nitrogen and oxygen atoms in total. The molecule has 4 rings (SSSR count). The van der Waals surface area contributed by atoms with Crippen LogP contribution < -0.4 is 4.90 Å². The van der Waals surface area contributed by atoms with Crippen molar-refractivity contribution in [3.63, 3.8) is 0 Å². The molecule has 3 fully saturated rings. The molecule has 1 aliphatic carbocycles. The van der Waals surface area contributed by atoms with Gasteiger partial charge in [0.25, 0.3) is 0 Å². The summed E-state index contributed by atoms with van der Waals surface area (Å²) in [5.41, 5.74) is -0.299. The van der Waals surface area contributed by atoms with Crippen molar-refractivity contribution in [2.75, 3.05) is 24.5 Å². The van der Waals surface area contributed by atoms with Gasteiger partial charge in [0.15, 0.2) is 0 Å². The largest absolute Gasteiger partial charge is 0.393 e.